The van der Waals surface area contributed by atoms with Gasteiger partial charge in [-0.3, -0.25) is 0 Å². The van der Waals surface area contributed by atoms with Crippen LogP contribution >= 0.6 is 11.3 Å². The zero-order valence-corrected chi connectivity index (χ0v) is 12.3. The molecule has 0 fully saturated rings. The van der Waals surface area contributed by atoms with Crippen molar-refractivity contribution in [2.75, 3.05) is 5.32 Å². The molecular formula is C16H17N3S. The Labute approximate surface area is 122 Å². The second-order valence-corrected chi connectivity index (χ2v) is 5.91. The minimum absolute atomic E-state index is 0.808. The predicted octanol–water partition coefficient (Wildman–Crippen LogP) is 4.26. The number of nitrogens with one attached hydrogen (secondary N) is 1. The second kappa shape index (κ2) is 6.01. The van der Waals surface area contributed by atoms with Crippen molar-refractivity contribution in [3.8, 4) is 0 Å². The normalized spacial score (nSPS) is 10.8. The highest BCUT2D eigenvalue weighted by molar-refractivity contribution is 7.19. The molecule has 2 aromatic heterocycles. The Bertz CT molecular complexity index is 691. The van der Waals surface area contributed by atoms with Crippen molar-refractivity contribution >= 4 is 27.2 Å². The summed E-state index contributed by atoms with van der Waals surface area (Å²) < 4.78 is 1.21. The third kappa shape index (κ3) is 2.80. The molecule has 0 saturated heterocycles. The van der Waals surface area contributed by atoms with E-state index in [2.05, 4.69) is 52.8 Å². The topological polar surface area (TPSA) is 37.8 Å². The fraction of sp³-hybridized carbons (Fsp3) is 0.250. The van der Waals surface area contributed by atoms with Gasteiger partial charge < -0.3 is 5.32 Å². The van der Waals surface area contributed by atoms with Crippen molar-refractivity contribution in [2.24, 2.45) is 0 Å². The van der Waals surface area contributed by atoms with E-state index >= 15 is 0 Å². The molecule has 4 heteroatoms. The van der Waals surface area contributed by atoms with Crippen LogP contribution in [0.1, 0.15) is 23.8 Å². The minimum Gasteiger partial charge on any atom is -0.378 e. The SMILES string of the molecule is CCCc1cc2nncc(NCc3ccccc3)c2s1. The third-order valence-electron chi connectivity index (χ3n) is 3.18. The quantitative estimate of drug-likeness (QED) is 0.760. The van der Waals surface area contributed by atoms with Gasteiger partial charge in [-0.15, -0.1) is 16.4 Å². The van der Waals surface area contributed by atoms with E-state index in [-0.39, 0.29) is 0 Å². The molecule has 2 heterocycles. The Morgan fingerprint density at radius 1 is 1.20 bits per heavy atom. The van der Waals surface area contributed by atoms with E-state index in [9.17, 15) is 0 Å². The molecule has 0 aliphatic carbocycles. The number of aromatic nitrogens is 2. The number of rotatable bonds is 5. The average molecular weight is 283 g/mol. The van der Waals surface area contributed by atoms with Gasteiger partial charge in [0.2, 0.25) is 0 Å². The van der Waals surface area contributed by atoms with E-state index in [4.69, 9.17) is 0 Å². The maximum atomic E-state index is 4.22. The van der Waals surface area contributed by atoms with Crippen molar-refractivity contribution in [2.45, 2.75) is 26.3 Å². The lowest BCUT2D eigenvalue weighted by molar-refractivity contribution is 0.940. The summed E-state index contributed by atoms with van der Waals surface area (Å²) in [6.45, 7) is 3.01. The van der Waals surface area contributed by atoms with Crippen molar-refractivity contribution in [3.63, 3.8) is 0 Å². The molecule has 3 rings (SSSR count). The van der Waals surface area contributed by atoms with E-state index in [0.29, 0.717) is 0 Å². The summed E-state index contributed by atoms with van der Waals surface area (Å²) in [5.41, 5.74) is 3.34. The summed E-state index contributed by atoms with van der Waals surface area (Å²) in [4.78, 5) is 1.38. The zero-order chi connectivity index (χ0) is 13.8. The Morgan fingerprint density at radius 2 is 2.05 bits per heavy atom. The lowest BCUT2D eigenvalue weighted by atomic mass is 10.2. The first kappa shape index (κ1) is 13.1. The number of thiophene rings is 1. The molecule has 0 amide bonds. The number of nitrogens with zero attached hydrogens (tertiary/aromatic N) is 2. The van der Waals surface area contributed by atoms with Gasteiger partial charge in [0.25, 0.3) is 0 Å². The summed E-state index contributed by atoms with van der Waals surface area (Å²) in [5.74, 6) is 0. The summed E-state index contributed by atoms with van der Waals surface area (Å²) in [7, 11) is 0. The van der Waals surface area contributed by atoms with Gasteiger partial charge in [-0.2, -0.15) is 5.10 Å². The molecule has 0 saturated carbocycles. The van der Waals surface area contributed by atoms with Crippen LogP contribution < -0.4 is 5.32 Å². The Hall–Kier alpha value is -1.94. The molecule has 3 nitrogen and oxygen atoms in total. The molecule has 0 spiro atoms. The smallest absolute Gasteiger partial charge is 0.106 e. The highest BCUT2D eigenvalue weighted by Gasteiger charge is 2.07. The number of benzene rings is 1. The van der Waals surface area contributed by atoms with Gasteiger partial charge in [0, 0.05) is 11.4 Å². The van der Waals surface area contributed by atoms with Crippen LogP contribution in [0.15, 0.2) is 42.6 Å². The first-order valence-corrected chi connectivity index (χ1v) is 7.70. The number of aryl methyl sites for hydroxylation is 1. The molecule has 0 aliphatic rings. The first-order valence-electron chi connectivity index (χ1n) is 6.88. The molecule has 0 unspecified atom stereocenters. The van der Waals surface area contributed by atoms with Gasteiger partial charge in [-0.05, 0) is 18.1 Å². The Kier molecular flexibility index (Phi) is 3.92. The highest BCUT2D eigenvalue weighted by Crippen LogP contribution is 2.30. The minimum atomic E-state index is 0.808. The zero-order valence-electron chi connectivity index (χ0n) is 11.5. The molecule has 1 N–H and O–H groups in total. The van der Waals surface area contributed by atoms with Crippen LogP contribution in [0.25, 0.3) is 10.2 Å². The fourth-order valence-electron chi connectivity index (χ4n) is 2.19. The summed E-state index contributed by atoms with van der Waals surface area (Å²) >= 11 is 1.82. The van der Waals surface area contributed by atoms with Crippen molar-refractivity contribution in [1.82, 2.24) is 10.2 Å². The molecule has 0 bridgehead atoms. The number of anilines is 1. The lowest BCUT2D eigenvalue weighted by Gasteiger charge is -2.06. The summed E-state index contributed by atoms with van der Waals surface area (Å²) in [5, 5.41) is 11.8. The van der Waals surface area contributed by atoms with Gasteiger partial charge >= 0.3 is 0 Å². The van der Waals surface area contributed by atoms with Crippen LogP contribution in [0.2, 0.25) is 0 Å². The van der Waals surface area contributed by atoms with Gasteiger partial charge in [0.05, 0.1) is 16.6 Å². The Morgan fingerprint density at radius 3 is 2.85 bits per heavy atom. The van der Waals surface area contributed by atoms with Crippen LogP contribution in [-0.2, 0) is 13.0 Å². The van der Waals surface area contributed by atoms with Gasteiger partial charge in [0.1, 0.15) is 5.52 Å². The summed E-state index contributed by atoms with van der Waals surface area (Å²) in [6, 6.07) is 12.5. The first-order chi connectivity index (χ1) is 9.86. The average Bonchev–Trinajstić information content (AvgIpc) is 2.89. The number of hydrogen-bond acceptors (Lipinski definition) is 4. The third-order valence-corrected chi connectivity index (χ3v) is 4.40. The molecule has 3 aromatic rings. The van der Waals surface area contributed by atoms with E-state index in [1.807, 2.05) is 23.6 Å². The van der Waals surface area contributed by atoms with Gasteiger partial charge in [-0.25, -0.2) is 0 Å². The van der Waals surface area contributed by atoms with E-state index in [0.717, 1.165) is 30.6 Å². The van der Waals surface area contributed by atoms with Crippen LogP contribution in [0.5, 0.6) is 0 Å². The Balaban J connectivity index is 1.83. The highest BCUT2D eigenvalue weighted by atomic mass is 32.1. The second-order valence-electron chi connectivity index (χ2n) is 4.77. The van der Waals surface area contributed by atoms with Crippen molar-refractivity contribution in [1.29, 1.82) is 0 Å². The van der Waals surface area contributed by atoms with E-state index in [1.54, 1.807) is 0 Å². The maximum Gasteiger partial charge on any atom is 0.106 e. The molecule has 0 atom stereocenters. The summed E-state index contributed by atoms with van der Waals surface area (Å²) in [6.07, 6.45) is 4.09. The molecule has 0 aliphatic heterocycles. The van der Waals surface area contributed by atoms with Crippen LogP contribution in [0.3, 0.4) is 0 Å². The fourth-order valence-corrected chi connectivity index (χ4v) is 3.37. The van der Waals surface area contributed by atoms with E-state index in [1.165, 1.54) is 15.1 Å². The lowest BCUT2D eigenvalue weighted by Crippen LogP contribution is -2.00. The van der Waals surface area contributed by atoms with Crippen LogP contribution in [-0.4, -0.2) is 10.2 Å². The van der Waals surface area contributed by atoms with E-state index < -0.39 is 0 Å². The van der Waals surface area contributed by atoms with Gasteiger partial charge in [-0.1, -0.05) is 43.7 Å². The standard InChI is InChI=1S/C16H17N3S/c1-2-6-13-9-14-16(20-13)15(11-18-19-14)17-10-12-7-4-3-5-8-12/h3-5,7-9,11H,2,6,10H2,1H3,(H,17,19). The van der Waals surface area contributed by atoms with Gasteiger partial charge in [0.15, 0.2) is 0 Å². The van der Waals surface area contributed by atoms with Crippen LogP contribution in [0.4, 0.5) is 5.69 Å². The largest absolute Gasteiger partial charge is 0.378 e. The molecule has 102 valence electrons. The van der Waals surface area contributed by atoms with Crippen LogP contribution in [0, 0.1) is 0 Å². The molecule has 20 heavy (non-hydrogen) atoms. The predicted molar refractivity (Wildman–Crippen MR) is 85.2 cm³/mol. The number of hydrogen-bond donors (Lipinski definition) is 1. The number of fused-ring (bicyclic) bond motifs is 1. The maximum absolute atomic E-state index is 4.22. The molecule has 1 aromatic carbocycles. The monoisotopic (exact) mass is 283 g/mol. The van der Waals surface area contributed by atoms with Crippen molar-refractivity contribution < 1.29 is 0 Å². The van der Waals surface area contributed by atoms with Crippen molar-refractivity contribution in [3.05, 3.63) is 53.0 Å². The molecular weight excluding hydrogens is 266 g/mol. The molecule has 0 radical (unpaired) electrons.